The Balaban J connectivity index is 2.99. The molecule has 0 radical (unpaired) electrons. The van der Waals surface area contributed by atoms with E-state index in [9.17, 15) is 4.79 Å². The monoisotopic (exact) mass is 185 g/mol. The summed E-state index contributed by atoms with van der Waals surface area (Å²) in [4.78, 5) is 10.6. The lowest BCUT2D eigenvalue weighted by Crippen LogP contribution is -2.18. The zero-order valence-electron chi connectivity index (χ0n) is 8.34. The highest BCUT2D eigenvalue weighted by atomic mass is 16.5. The third-order valence-electron chi connectivity index (χ3n) is 1.62. The number of hydrogen-bond donors (Lipinski definition) is 1. The van der Waals surface area contributed by atoms with E-state index in [-0.39, 0.29) is 5.97 Å². The summed E-state index contributed by atoms with van der Waals surface area (Å²) in [5.74, 6) is -0.339. The predicted molar refractivity (Wildman–Crippen MR) is 53.6 cm³/mol. The highest BCUT2D eigenvalue weighted by Gasteiger charge is 1.93. The van der Waals surface area contributed by atoms with Crippen molar-refractivity contribution >= 4 is 5.97 Å². The van der Waals surface area contributed by atoms with Gasteiger partial charge in [0.2, 0.25) is 0 Å². The van der Waals surface area contributed by atoms with Crippen LogP contribution in [0.4, 0.5) is 0 Å². The smallest absolute Gasteiger partial charge is 0.330 e. The summed E-state index contributed by atoms with van der Waals surface area (Å²) < 4.78 is 4.80. The van der Waals surface area contributed by atoms with E-state index in [1.54, 1.807) is 0 Å². The summed E-state index contributed by atoms with van der Waals surface area (Å²) >= 11 is 0. The van der Waals surface area contributed by atoms with E-state index in [2.05, 4.69) is 18.8 Å². The number of esters is 1. The lowest BCUT2D eigenvalue weighted by molar-refractivity contribution is -0.137. The second-order valence-corrected chi connectivity index (χ2v) is 2.83. The van der Waals surface area contributed by atoms with E-state index in [0.717, 1.165) is 19.5 Å². The molecule has 0 heterocycles. The molecule has 0 spiro atoms. The lowest BCUT2D eigenvalue weighted by Gasteiger charge is -2.03. The van der Waals surface area contributed by atoms with Gasteiger partial charge in [-0.1, -0.05) is 19.9 Å². The van der Waals surface area contributed by atoms with Crippen molar-refractivity contribution < 1.29 is 9.53 Å². The van der Waals surface area contributed by atoms with Crippen LogP contribution in [0, 0.1) is 0 Å². The number of carbonyl (C=O) groups excluding carboxylic acids is 1. The van der Waals surface area contributed by atoms with Crippen molar-refractivity contribution in [1.82, 2.24) is 5.32 Å². The molecule has 0 saturated carbocycles. The van der Waals surface area contributed by atoms with Gasteiger partial charge in [0.05, 0.1) is 6.61 Å². The normalized spacial score (nSPS) is 9.62. The molecule has 0 amide bonds. The molecule has 0 unspecified atom stereocenters. The molecule has 3 nitrogen and oxygen atoms in total. The lowest BCUT2D eigenvalue weighted by atomic mass is 10.3. The Morgan fingerprint density at radius 2 is 2.15 bits per heavy atom. The van der Waals surface area contributed by atoms with Gasteiger partial charge >= 0.3 is 5.97 Å². The van der Waals surface area contributed by atoms with Gasteiger partial charge in [0, 0.05) is 6.08 Å². The molecule has 0 aliphatic heterocycles. The Bertz CT molecular complexity index is 146. The quantitative estimate of drug-likeness (QED) is 0.354. The number of ether oxygens (including phenoxy) is 1. The maximum absolute atomic E-state index is 10.6. The van der Waals surface area contributed by atoms with E-state index >= 15 is 0 Å². The fourth-order valence-electron chi connectivity index (χ4n) is 0.856. The van der Waals surface area contributed by atoms with Crippen molar-refractivity contribution in [3.05, 3.63) is 12.7 Å². The first-order valence-electron chi connectivity index (χ1n) is 4.81. The molecule has 0 atom stereocenters. The van der Waals surface area contributed by atoms with Gasteiger partial charge in [0.25, 0.3) is 0 Å². The Labute approximate surface area is 80.2 Å². The highest BCUT2D eigenvalue weighted by molar-refractivity contribution is 5.81. The summed E-state index contributed by atoms with van der Waals surface area (Å²) in [5.41, 5.74) is 0. The van der Waals surface area contributed by atoms with E-state index < -0.39 is 0 Å². The molecule has 13 heavy (non-hydrogen) atoms. The molecule has 0 aliphatic carbocycles. The van der Waals surface area contributed by atoms with Gasteiger partial charge in [0.15, 0.2) is 0 Å². The minimum Gasteiger partial charge on any atom is -0.462 e. The first kappa shape index (κ1) is 12.2. The molecule has 0 aromatic carbocycles. The second-order valence-electron chi connectivity index (χ2n) is 2.83. The Kier molecular flexibility index (Phi) is 8.67. The third-order valence-corrected chi connectivity index (χ3v) is 1.62. The van der Waals surface area contributed by atoms with E-state index in [4.69, 9.17) is 4.74 Å². The Hall–Kier alpha value is -0.830. The fraction of sp³-hybridized carbons (Fsp3) is 0.700. The number of hydrogen-bond acceptors (Lipinski definition) is 3. The average Bonchev–Trinajstić information content (AvgIpc) is 2.16. The Morgan fingerprint density at radius 3 is 2.77 bits per heavy atom. The molecule has 0 aromatic rings. The van der Waals surface area contributed by atoms with Crippen molar-refractivity contribution in [2.24, 2.45) is 0 Å². The molecule has 0 aromatic heterocycles. The summed E-state index contributed by atoms with van der Waals surface area (Å²) in [7, 11) is 0. The topological polar surface area (TPSA) is 38.3 Å². The molecule has 1 N–H and O–H groups in total. The summed E-state index contributed by atoms with van der Waals surface area (Å²) in [5, 5.41) is 3.26. The minimum atomic E-state index is -0.339. The number of nitrogens with one attached hydrogen (secondary N) is 1. The van der Waals surface area contributed by atoms with Crippen LogP contribution in [0.2, 0.25) is 0 Å². The maximum Gasteiger partial charge on any atom is 0.330 e. The van der Waals surface area contributed by atoms with Crippen molar-refractivity contribution in [2.45, 2.75) is 26.2 Å². The van der Waals surface area contributed by atoms with Crippen LogP contribution >= 0.6 is 0 Å². The molecule has 0 bridgehead atoms. The Morgan fingerprint density at radius 1 is 1.46 bits per heavy atom. The van der Waals surface area contributed by atoms with Crippen LogP contribution in [0.3, 0.4) is 0 Å². The van der Waals surface area contributed by atoms with Crippen LogP contribution in [0.15, 0.2) is 12.7 Å². The average molecular weight is 185 g/mol. The first-order valence-corrected chi connectivity index (χ1v) is 4.81. The van der Waals surface area contributed by atoms with Crippen LogP contribution in [-0.2, 0) is 9.53 Å². The van der Waals surface area contributed by atoms with Gasteiger partial charge in [-0.3, -0.25) is 0 Å². The standard InChI is InChI=1S/C10H19NO2/c1-3-5-7-11-8-6-9-13-10(12)4-2/h4,11H,2-3,5-9H2,1H3. The SMILES string of the molecule is C=CC(=O)OCCCNCCCC. The largest absolute Gasteiger partial charge is 0.462 e. The van der Waals surface area contributed by atoms with Crippen molar-refractivity contribution in [3.8, 4) is 0 Å². The summed E-state index contributed by atoms with van der Waals surface area (Å²) in [6.07, 6.45) is 4.46. The van der Waals surface area contributed by atoms with Gasteiger partial charge in [-0.15, -0.1) is 0 Å². The molecule has 0 rings (SSSR count). The first-order chi connectivity index (χ1) is 6.31. The van der Waals surface area contributed by atoms with Crippen LogP contribution < -0.4 is 5.32 Å². The van der Waals surface area contributed by atoms with Crippen molar-refractivity contribution in [1.29, 1.82) is 0 Å². The predicted octanol–water partition coefficient (Wildman–Crippen LogP) is 1.50. The van der Waals surface area contributed by atoms with Gasteiger partial charge in [-0.2, -0.15) is 0 Å². The van der Waals surface area contributed by atoms with Crippen LogP contribution in [0.5, 0.6) is 0 Å². The molecule has 0 saturated heterocycles. The zero-order chi connectivity index (χ0) is 9.94. The number of carbonyl (C=O) groups is 1. The van der Waals surface area contributed by atoms with Crippen molar-refractivity contribution in [3.63, 3.8) is 0 Å². The molecule has 76 valence electrons. The third kappa shape index (κ3) is 9.08. The number of unbranched alkanes of at least 4 members (excludes halogenated alkanes) is 1. The number of rotatable bonds is 8. The highest BCUT2D eigenvalue weighted by Crippen LogP contribution is 1.85. The summed E-state index contributed by atoms with van der Waals surface area (Å²) in [6, 6.07) is 0. The molecule has 3 heteroatoms. The zero-order valence-corrected chi connectivity index (χ0v) is 8.34. The fourth-order valence-corrected chi connectivity index (χ4v) is 0.856. The second kappa shape index (κ2) is 9.26. The van der Waals surface area contributed by atoms with Gasteiger partial charge in [-0.25, -0.2) is 4.79 Å². The van der Waals surface area contributed by atoms with Gasteiger partial charge in [-0.05, 0) is 25.9 Å². The van der Waals surface area contributed by atoms with Crippen LogP contribution in [0.1, 0.15) is 26.2 Å². The van der Waals surface area contributed by atoms with Gasteiger partial charge in [0.1, 0.15) is 0 Å². The maximum atomic E-state index is 10.6. The van der Waals surface area contributed by atoms with Crippen LogP contribution in [0.25, 0.3) is 0 Å². The van der Waals surface area contributed by atoms with Crippen molar-refractivity contribution in [2.75, 3.05) is 19.7 Å². The van der Waals surface area contributed by atoms with E-state index in [1.165, 1.54) is 18.9 Å². The molecule has 0 fully saturated rings. The molecular weight excluding hydrogens is 166 g/mol. The summed E-state index contributed by atoms with van der Waals surface area (Å²) in [6.45, 7) is 7.90. The molecular formula is C10H19NO2. The minimum absolute atomic E-state index is 0.339. The van der Waals surface area contributed by atoms with Gasteiger partial charge < -0.3 is 10.1 Å². The van der Waals surface area contributed by atoms with E-state index in [0.29, 0.717) is 6.61 Å². The van der Waals surface area contributed by atoms with Crippen LogP contribution in [-0.4, -0.2) is 25.7 Å². The molecule has 0 aliphatic rings. The van der Waals surface area contributed by atoms with E-state index in [1.807, 2.05) is 0 Å².